The van der Waals surface area contributed by atoms with Crippen molar-refractivity contribution in [2.75, 3.05) is 33.4 Å². The Bertz CT molecular complexity index is 373. The Kier molecular flexibility index (Phi) is 7.16. The summed E-state index contributed by atoms with van der Waals surface area (Å²) in [6.07, 6.45) is 4.64. The molecule has 0 unspecified atom stereocenters. The first-order valence-corrected chi connectivity index (χ1v) is 6.48. The molecule has 0 bridgehead atoms. The van der Waals surface area contributed by atoms with Gasteiger partial charge >= 0.3 is 18.0 Å². The molecule has 1 fully saturated rings. The first-order valence-electron chi connectivity index (χ1n) is 6.48. The van der Waals surface area contributed by atoms with Gasteiger partial charge in [0.2, 0.25) is 0 Å². The Labute approximate surface area is 117 Å². The van der Waals surface area contributed by atoms with Crippen molar-refractivity contribution < 1.29 is 28.6 Å². The average molecular weight is 285 g/mol. The summed E-state index contributed by atoms with van der Waals surface area (Å²) in [5.41, 5.74) is 0. The lowest BCUT2D eigenvalue weighted by atomic mass is 10.1. The van der Waals surface area contributed by atoms with Crippen molar-refractivity contribution in [2.45, 2.75) is 19.3 Å². The molecule has 0 spiro atoms. The van der Waals surface area contributed by atoms with Crippen molar-refractivity contribution in [3.05, 3.63) is 12.2 Å². The van der Waals surface area contributed by atoms with E-state index in [9.17, 15) is 14.4 Å². The quantitative estimate of drug-likeness (QED) is 0.323. The Morgan fingerprint density at radius 3 is 2.20 bits per heavy atom. The molecule has 1 heterocycles. The summed E-state index contributed by atoms with van der Waals surface area (Å²) in [7, 11) is 1.21. The van der Waals surface area contributed by atoms with Gasteiger partial charge in [-0.05, 0) is 19.3 Å². The zero-order valence-corrected chi connectivity index (χ0v) is 11.5. The van der Waals surface area contributed by atoms with Gasteiger partial charge in [0.05, 0.1) is 7.11 Å². The first kappa shape index (κ1) is 16.0. The fourth-order valence-corrected chi connectivity index (χ4v) is 1.69. The molecule has 0 saturated carbocycles. The highest BCUT2D eigenvalue weighted by Crippen LogP contribution is 2.09. The van der Waals surface area contributed by atoms with E-state index in [1.54, 1.807) is 4.90 Å². The van der Waals surface area contributed by atoms with Crippen molar-refractivity contribution in [1.29, 1.82) is 0 Å². The standard InChI is InChI=1S/C13H19NO6/c1-18-11(15)5-6-12(16)19-9-10-20-13(17)14-7-3-2-4-8-14/h5-6H,2-4,7-10H2,1H3/b6-5+. The summed E-state index contributed by atoms with van der Waals surface area (Å²) in [6, 6.07) is 0. The largest absolute Gasteiger partial charge is 0.466 e. The number of carbonyl (C=O) groups excluding carboxylic acids is 3. The van der Waals surface area contributed by atoms with Crippen molar-refractivity contribution in [3.63, 3.8) is 0 Å². The number of piperidine rings is 1. The van der Waals surface area contributed by atoms with Crippen LogP contribution in [0.3, 0.4) is 0 Å². The van der Waals surface area contributed by atoms with Crippen LogP contribution in [0.5, 0.6) is 0 Å². The minimum absolute atomic E-state index is 0.00681. The monoisotopic (exact) mass is 285 g/mol. The molecule has 0 atom stereocenters. The Morgan fingerprint density at radius 1 is 0.950 bits per heavy atom. The number of amides is 1. The number of esters is 2. The van der Waals surface area contributed by atoms with E-state index < -0.39 is 11.9 Å². The maximum Gasteiger partial charge on any atom is 0.409 e. The third kappa shape index (κ3) is 6.21. The molecule has 1 aliphatic rings. The lowest BCUT2D eigenvalue weighted by molar-refractivity contribution is -0.140. The summed E-state index contributed by atoms with van der Waals surface area (Å²) in [5, 5.41) is 0. The molecular weight excluding hydrogens is 266 g/mol. The molecule has 0 aromatic rings. The van der Waals surface area contributed by atoms with E-state index in [0.717, 1.165) is 31.4 Å². The minimum atomic E-state index is -0.690. The fourth-order valence-electron chi connectivity index (χ4n) is 1.69. The van der Waals surface area contributed by atoms with Crippen LogP contribution in [0.2, 0.25) is 0 Å². The molecule has 7 heteroatoms. The molecule has 1 aliphatic heterocycles. The van der Waals surface area contributed by atoms with E-state index >= 15 is 0 Å². The molecule has 1 rings (SSSR count). The second kappa shape index (κ2) is 8.95. The summed E-state index contributed by atoms with van der Waals surface area (Å²) < 4.78 is 14.0. The average Bonchev–Trinajstić information content (AvgIpc) is 2.49. The molecule has 7 nitrogen and oxygen atoms in total. The highest BCUT2D eigenvalue weighted by Gasteiger charge is 2.17. The molecule has 0 radical (unpaired) electrons. The number of rotatable bonds is 5. The van der Waals surface area contributed by atoms with Gasteiger partial charge in [0.25, 0.3) is 0 Å². The summed E-state index contributed by atoms with van der Waals surface area (Å²) in [5.74, 6) is -1.33. The third-order valence-electron chi connectivity index (χ3n) is 2.72. The van der Waals surface area contributed by atoms with Crippen molar-refractivity contribution in [1.82, 2.24) is 4.90 Å². The normalized spacial score (nSPS) is 14.9. The zero-order valence-electron chi connectivity index (χ0n) is 11.5. The topological polar surface area (TPSA) is 82.1 Å². The molecule has 0 N–H and O–H groups in total. The molecule has 0 aromatic heterocycles. The van der Waals surface area contributed by atoms with Crippen LogP contribution in [0.1, 0.15) is 19.3 Å². The second-order valence-corrected chi connectivity index (χ2v) is 4.19. The number of carbonyl (C=O) groups is 3. The van der Waals surface area contributed by atoms with E-state index in [1.165, 1.54) is 7.11 Å². The molecule has 1 saturated heterocycles. The van der Waals surface area contributed by atoms with Crippen molar-refractivity contribution in [2.24, 2.45) is 0 Å². The molecule has 112 valence electrons. The Morgan fingerprint density at radius 2 is 1.55 bits per heavy atom. The number of hydrogen-bond donors (Lipinski definition) is 0. The van der Waals surface area contributed by atoms with Gasteiger partial charge in [-0.25, -0.2) is 14.4 Å². The summed E-state index contributed by atoms with van der Waals surface area (Å²) in [4.78, 5) is 35.1. The van der Waals surface area contributed by atoms with Gasteiger partial charge in [0, 0.05) is 25.2 Å². The minimum Gasteiger partial charge on any atom is -0.466 e. The van der Waals surface area contributed by atoms with Gasteiger partial charge in [0.15, 0.2) is 0 Å². The predicted octanol–water partition coefficient (Wildman–Crippen LogP) is 0.881. The molecular formula is C13H19NO6. The number of methoxy groups -OCH3 is 1. The Balaban J connectivity index is 2.11. The van der Waals surface area contributed by atoms with Crippen LogP contribution < -0.4 is 0 Å². The zero-order chi connectivity index (χ0) is 14.8. The number of likely N-dealkylation sites (tertiary alicyclic amines) is 1. The van der Waals surface area contributed by atoms with Crippen LogP contribution in [0.4, 0.5) is 4.79 Å². The summed E-state index contributed by atoms with van der Waals surface area (Å²) >= 11 is 0. The van der Waals surface area contributed by atoms with Gasteiger partial charge in [-0.15, -0.1) is 0 Å². The van der Waals surface area contributed by atoms with E-state index in [4.69, 9.17) is 9.47 Å². The molecule has 1 amide bonds. The number of nitrogens with zero attached hydrogens (tertiary/aromatic N) is 1. The highest BCUT2D eigenvalue weighted by molar-refractivity contribution is 5.91. The lowest BCUT2D eigenvalue weighted by Gasteiger charge is -2.25. The van der Waals surface area contributed by atoms with Crippen LogP contribution in [-0.2, 0) is 23.8 Å². The summed E-state index contributed by atoms with van der Waals surface area (Å²) in [6.45, 7) is 1.36. The van der Waals surface area contributed by atoms with E-state index in [1.807, 2.05) is 0 Å². The lowest BCUT2D eigenvalue weighted by Crippen LogP contribution is -2.36. The molecule has 20 heavy (non-hydrogen) atoms. The fraction of sp³-hybridized carbons (Fsp3) is 0.615. The Hall–Kier alpha value is -2.05. The van der Waals surface area contributed by atoms with E-state index in [2.05, 4.69) is 4.74 Å². The van der Waals surface area contributed by atoms with Crippen LogP contribution in [0, 0.1) is 0 Å². The van der Waals surface area contributed by atoms with Gasteiger partial charge < -0.3 is 19.1 Å². The van der Waals surface area contributed by atoms with E-state index in [-0.39, 0.29) is 19.3 Å². The second-order valence-electron chi connectivity index (χ2n) is 4.19. The van der Waals surface area contributed by atoms with Crippen molar-refractivity contribution in [3.8, 4) is 0 Å². The molecule has 0 aromatic carbocycles. The van der Waals surface area contributed by atoms with Gasteiger partial charge in [0.1, 0.15) is 13.2 Å². The van der Waals surface area contributed by atoms with Crippen LogP contribution in [-0.4, -0.2) is 56.3 Å². The van der Waals surface area contributed by atoms with Gasteiger partial charge in [-0.1, -0.05) is 0 Å². The maximum absolute atomic E-state index is 11.6. The van der Waals surface area contributed by atoms with Gasteiger partial charge in [-0.2, -0.15) is 0 Å². The van der Waals surface area contributed by atoms with Crippen molar-refractivity contribution >= 4 is 18.0 Å². The van der Waals surface area contributed by atoms with Gasteiger partial charge in [-0.3, -0.25) is 0 Å². The van der Waals surface area contributed by atoms with Crippen LogP contribution in [0.15, 0.2) is 12.2 Å². The smallest absolute Gasteiger partial charge is 0.409 e. The van der Waals surface area contributed by atoms with Crippen LogP contribution in [0.25, 0.3) is 0 Å². The van der Waals surface area contributed by atoms with Crippen LogP contribution >= 0.6 is 0 Å². The number of hydrogen-bond acceptors (Lipinski definition) is 6. The first-order chi connectivity index (χ1) is 9.63. The predicted molar refractivity (Wildman–Crippen MR) is 68.9 cm³/mol. The number of ether oxygens (including phenoxy) is 3. The molecule has 0 aliphatic carbocycles. The maximum atomic E-state index is 11.6. The third-order valence-corrected chi connectivity index (χ3v) is 2.72. The highest BCUT2D eigenvalue weighted by atomic mass is 16.6. The van der Waals surface area contributed by atoms with E-state index in [0.29, 0.717) is 13.1 Å². The SMILES string of the molecule is COC(=O)/C=C/C(=O)OCCOC(=O)N1CCCCC1.